The lowest BCUT2D eigenvalue weighted by Crippen LogP contribution is -2.06. The number of aryl methyl sites for hydroxylation is 2. The summed E-state index contributed by atoms with van der Waals surface area (Å²) in [7, 11) is 0. The van der Waals surface area contributed by atoms with Crippen molar-refractivity contribution < 1.29 is 0 Å². The maximum atomic E-state index is 12.5. The van der Waals surface area contributed by atoms with Crippen LogP contribution in [-0.4, -0.2) is 9.78 Å². The predicted octanol–water partition coefficient (Wildman–Crippen LogP) is 4.23. The first-order chi connectivity index (χ1) is 10.7. The molecule has 0 amide bonds. The number of hydrogen-bond acceptors (Lipinski definition) is 1. The van der Waals surface area contributed by atoms with Crippen LogP contribution >= 0.6 is 0 Å². The zero-order valence-corrected chi connectivity index (χ0v) is 13.0. The Hall–Kier alpha value is -2.55. The first kappa shape index (κ1) is 14.4. The van der Waals surface area contributed by atoms with Crippen molar-refractivity contribution in [2.75, 3.05) is 0 Å². The average Bonchev–Trinajstić information content (AvgIpc) is 2.85. The van der Waals surface area contributed by atoms with Crippen LogP contribution in [-0.2, 0) is 6.54 Å². The van der Waals surface area contributed by atoms with Gasteiger partial charge in [-0.1, -0.05) is 61.0 Å². The minimum absolute atomic E-state index is 0.0313. The van der Waals surface area contributed by atoms with Gasteiger partial charge in [0, 0.05) is 12.1 Å². The molecule has 0 radical (unpaired) electrons. The number of H-pyrrole nitrogens is 1. The van der Waals surface area contributed by atoms with Gasteiger partial charge in [-0.05, 0) is 25.0 Å². The molecule has 1 N–H and O–H groups in total. The molecule has 112 valence electrons. The highest BCUT2D eigenvalue weighted by molar-refractivity contribution is 5.80. The Labute approximate surface area is 130 Å². The van der Waals surface area contributed by atoms with Crippen LogP contribution in [0, 0.1) is 6.92 Å². The molecule has 3 heteroatoms. The van der Waals surface area contributed by atoms with E-state index in [0.717, 1.165) is 35.3 Å². The number of nitrogens with one attached hydrogen (secondary N) is 1. The van der Waals surface area contributed by atoms with Crippen molar-refractivity contribution in [2.24, 2.45) is 0 Å². The van der Waals surface area contributed by atoms with E-state index in [-0.39, 0.29) is 5.56 Å². The lowest BCUT2D eigenvalue weighted by Gasteiger charge is -2.10. The molecule has 0 saturated carbocycles. The predicted molar refractivity (Wildman–Crippen MR) is 91.0 cm³/mol. The second kappa shape index (κ2) is 6.06. The lowest BCUT2D eigenvalue weighted by molar-refractivity contribution is 0.604. The molecule has 3 rings (SSSR count). The van der Waals surface area contributed by atoms with Gasteiger partial charge in [0.2, 0.25) is 0 Å². The smallest absolute Gasteiger partial charge is 0.272 e. The summed E-state index contributed by atoms with van der Waals surface area (Å²) >= 11 is 0. The molecule has 3 nitrogen and oxygen atoms in total. The molecule has 0 aliphatic heterocycles. The zero-order valence-electron chi connectivity index (χ0n) is 13.0. The van der Waals surface area contributed by atoms with Crippen molar-refractivity contribution in [3.63, 3.8) is 0 Å². The monoisotopic (exact) mass is 292 g/mol. The van der Waals surface area contributed by atoms with E-state index >= 15 is 0 Å². The molecule has 0 unspecified atom stereocenters. The van der Waals surface area contributed by atoms with Crippen LogP contribution in [0.25, 0.3) is 22.4 Å². The van der Waals surface area contributed by atoms with Crippen LogP contribution < -0.4 is 5.56 Å². The topological polar surface area (TPSA) is 37.8 Å². The standard InChI is InChI=1S/C19H20N2O/c1-3-12-21-18(16-11-7-8-14(2)13-16)17(19(22)20-21)15-9-5-4-6-10-15/h4-11,13H,3,12H2,1-2H3,(H,20,22). The van der Waals surface area contributed by atoms with Gasteiger partial charge in [-0.25, -0.2) is 0 Å². The maximum Gasteiger partial charge on any atom is 0.272 e. The fourth-order valence-electron chi connectivity index (χ4n) is 2.83. The molecule has 0 fully saturated rings. The molecule has 0 aliphatic rings. The van der Waals surface area contributed by atoms with Gasteiger partial charge in [-0.3, -0.25) is 14.6 Å². The van der Waals surface area contributed by atoms with Crippen molar-refractivity contribution in [1.29, 1.82) is 0 Å². The van der Waals surface area contributed by atoms with Crippen molar-refractivity contribution in [3.05, 3.63) is 70.5 Å². The normalized spacial score (nSPS) is 10.8. The van der Waals surface area contributed by atoms with E-state index in [2.05, 4.69) is 37.1 Å². The van der Waals surface area contributed by atoms with Gasteiger partial charge in [0.1, 0.15) is 0 Å². The molecule has 0 bridgehead atoms. The highest BCUT2D eigenvalue weighted by Gasteiger charge is 2.17. The van der Waals surface area contributed by atoms with Crippen LogP contribution in [0.5, 0.6) is 0 Å². The van der Waals surface area contributed by atoms with Crippen molar-refractivity contribution in [1.82, 2.24) is 9.78 Å². The van der Waals surface area contributed by atoms with Crippen molar-refractivity contribution in [3.8, 4) is 22.4 Å². The first-order valence-electron chi connectivity index (χ1n) is 7.66. The number of aromatic nitrogens is 2. The Balaban J connectivity index is 2.28. The Morgan fingerprint density at radius 1 is 1.00 bits per heavy atom. The molecule has 0 spiro atoms. The summed E-state index contributed by atoms with van der Waals surface area (Å²) in [4.78, 5) is 12.5. The van der Waals surface area contributed by atoms with E-state index in [9.17, 15) is 4.79 Å². The molecule has 0 aliphatic carbocycles. The van der Waals surface area contributed by atoms with E-state index in [1.54, 1.807) is 0 Å². The SMILES string of the molecule is CCCn1[nH]c(=O)c(-c2ccccc2)c1-c1cccc(C)c1. The Kier molecular flexibility index (Phi) is 3.96. The largest absolute Gasteiger partial charge is 0.284 e. The van der Waals surface area contributed by atoms with E-state index in [1.165, 1.54) is 5.56 Å². The van der Waals surface area contributed by atoms with Crippen LogP contribution in [0.3, 0.4) is 0 Å². The van der Waals surface area contributed by atoms with Gasteiger partial charge < -0.3 is 0 Å². The van der Waals surface area contributed by atoms with Gasteiger partial charge in [0.15, 0.2) is 0 Å². The fourth-order valence-corrected chi connectivity index (χ4v) is 2.83. The zero-order chi connectivity index (χ0) is 15.5. The quantitative estimate of drug-likeness (QED) is 0.767. The highest BCUT2D eigenvalue weighted by atomic mass is 16.1. The lowest BCUT2D eigenvalue weighted by atomic mass is 10.00. The average molecular weight is 292 g/mol. The highest BCUT2D eigenvalue weighted by Crippen LogP contribution is 2.30. The molecule has 0 atom stereocenters. The minimum atomic E-state index is -0.0313. The van der Waals surface area contributed by atoms with Gasteiger partial charge in [0.05, 0.1) is 11.3 Å². The maximum absolute atomic E-state index is 12.5. The van der Waals surface area contributed by atoms with Crippen LogP contribution in [0.15, 0.2) is 59.4 Å². The first-order valence-corrected chi connectivity index (χ1v) is 7.66. The summed E-state index contributed by atoms with van der Waals surface area (Å²) in [5, 5.41) is 2.99. The molecule has 1 aromatic heterocycles. The van der Waals surface area contributed by atoms with Crippen molar-refractivity contribution >= 4 is 0 Å². The molecule has 0 saturated heterocycles. The van der Waals surface area contributed by atoms with Gasteiger partial charge >= 0.3 is 0 Å². The third-order valence-corrected chi connectivity index (χ3v) is 3.77. The number of benzene rings is 2. The summed E-state index contributed by atoms with van der Waals surface area (Å²) in [6.07, 6.45) is 0.970. The number of hydrogen-bond donors (Lipinski definition) is 1. The number of rotatable bonds is 4. The Morgan fingerprint density at radius 2 is 1.73 bits per heavy atom. The third-order valence-electron chi connectivity index (χ3n) is 3.77. The summed E-state index contributed by atoms with van der Waals surface area (Å²) in [6, 6.07) is 18.2. The summed E-state index contributed by atoms with van der Waals surface area (Å²) in [5.74, 6) is 0. The molecular formula is C19H20N2O. The summed E-state index contributed by atoms with van der Waals surface area (Å²) in [6.45, 7) is 4.98. The van der Waals surface area contributed by atoms with Crippen LogP contribution in [0.1, 0.15) is 18.9 Å². The molecular weight excluding hydrogens is 272 g/mol. The minimum Gasteiger partial charge on any atom is -0.284 e. The second-order valence-corrected chi connectivity index (χ2v) is 5.55. The Bertz CT molecular complexity index is 828. The summed E-state index contributed by atoms with van der Waals surface area (Å²) in [5.41, 5.74) is 4.91. The summed E-state index contributed by atoms with van der Waals surface area (Å²) < 4.78 is 1.97. The van der Waals surface area contributed by atoms with E-state index in [0.29, 0.717) is 0 Å². The number of nitrogens with zero attached hydrogens (tertiary/aromatic N) is 1. The molecule has 1 heterocycles. The fraction of sp³-hybridized carbons (Fsp3) is 0.211. The third kappa shape index (κ3) is 2.62. The Morgan fingerprint density at radius 3 is 2.41 bits per heavy atom. The van der Waals surface area contributed by atoms with Gasteiger partial charge in [-0.2, -0.15) is 0 Å². The van der Waals surface area contributed by atoms with E-state index in [4.69, 9.17) is 0 Å². The molecule has 2 aromatic carbocycles. The second-order valence-electron chi connectivity index (χ2n) is 5.55. The molecule has 3 aromatic rings. The van der Waals surface area contributed by atoms with Gasteiger partial charge in [0.25, 0.3) is 5.56 Å². The van der Waals surface area contributed by atoms with E-state index < -0.39 is 0 Å². The van der Waals surface area contributed by atoms with Crippen molar-refractivity contribution in [2.45, 2.75) is 26.8 Å². The van der Waals surface area contributed by atoms with Crippen LogP contribution in [0.2, 0.25) is 0 Å². The van der Waals surface area contributed by atoms with E-state index in [1.807, 2.05) is 41.1 Å². The molecule has 22 heavy (non-hydrogen) atoms. The van der Waals surface area contributed by atoms with Crippen LogP contribution in [0.4, 0.5) is 0 Å². The number of aromatic amines is 1. The van der Waals surface area contributed by atoms with Gasteiger partial charge in [-0.15, -0.1) is 0 Å².